The maximum Gasteiger partial charge on any atom is 0.272 e. The first kappa shape index (κ1) is 14.0. The summed E-state index contributed by atoms with van der Waals surface area (Å²) in [6, 6.07) is 2.03. The van der Waals surface area contributed by atoms with Crippen molar-refractivity contribution < 1.29 is 4.79 Å². The summed E-state index contributed by atoms with van der Waals surface area (Å²) in [5.74, 6) is -0.133. The summed E-state index contributed by atoms with van der Waals surface area (Å²) in [7, 11) is 0. The van der Waals surface area contributed by atoms with Crippen LogP contribution in [0.1, 0.15) is 38.2 Å². The highest BCUT2D eigenvalue weighted by atomic mass is 32.1. The third-order valence-corrected chi connectivity index (χ3v) is 4.86. The zero-order valence-electron chi connectivity index (χ0n) is 11.2. The Kier molecular flexibility index (Phi) is 4.50. The minimum absolute atomic E-state index is 0.133. The second kappa shape index (κ2) is 6.12. The molecule has 0 bridgehead atoms. The summed E-state index contributed by atoms with van der Waals surface area (Å²) < 4.78 is 0. The molecule has 0 unspecified atom stereocenters. The number of carbonyl (C=O) groups excluding carboxylic acids is 1. The molecule has 2 heterocycles. The van der Waals surface area contributed by atoms with E-state index < -0.39 is 0 Å². The van der Waals surface area contributed by atoms with E-state index in [2.05, 4.69) is 17.5 Å². The van der Waals surface area contributed by atoms with Crippen molar-refractivity contribution in [1.29, 1.82) is 0 Å². The van der Waals surface area contributed by atoms with Crippen LogP contribution in [0.4, 0.5) is 0 Å². The highest BCUT2D eigenvalue weighted by molar-refractivity contribution is 7.12. The van der Waals surface area contributed by atoms with E-state index in [0.29, 0.717) is 0 Å². The van der Waals surface area contributed by atoms with Gasteiger partial charge in [0.15, 0.2) is 0 Å². The first-order valence-electron chi connectivity index (χ1n) is 6.08. The second-order valence-electron chi connectivity index (χ2n) is 4.20. The van der Waals surface area contributed by atoms with Gasteiger partial charge in [-0.1, -0.05) is 6.92 Å². The van der Waals surface area contributed by atoms with Crippen LogP contribution in [0.3, 0.4) is 0 Å². The molecule has 0 saturated heterocycles. The Hall–Kier alpha value is -1.46. The minimum Gasteiger partial charge on any atom is -0.267 e. The summed E-state index contributed by atoms with van der Waals surface area (Å²) in [4.78, 5) is 14.3. The lowest BCUT2D eigenvalue weighted by molar-refractivity contribution is 0.0954. The largest absolute Gasteiger partial charge is 0.272 e. The zero-order chi connectivity index (χ0) is 13.8. The van der Waals surface area contributed by atoms with E-state index in [1.807, 2.05) is 30.7 Å². The second-order valence-corrected chi connectivity index (χ2v) is 6.24. The van der Waals surface area contributed by atoms with Gasteiger partial charge >= 0.3 is 0 Å². The third kappa shape index (κ3) is 3.11. The van der Waals surface area contributed by atoms with E-state index in [0.717, 1.165) is 22.4 Å². The summed E-state index contributed by atoms with van der Waals surface area (Å²) in [5.41, 5.74) is 5.62. The van der Waals surface area contributed by atoms with Crippen LogP contribution in [0.5, 0.6) is 0 Å². The van der Waals surface area contributed by atoms with E-state index in [9.17, 15) is 4.79 Å². The number of amides is 1. The van der Waals surface area contributed by atoms with Crippen LogP contribution in [0.25, 0.3) is 0 Å². The van der Waals surface area contributed by atoms with Gasteiger partial charge in [0.2, 0.25) is 0 Å². The van der Waals surface area contributed by atoms with E-state index >= 15 is 0 Å². The molecule has 0 aliphatic carbocycles. The van der Waals surface area contributed by atoms with Crippen LogP contribution < -0.4 is 5.43 Å². The molecule has 0 radical (unpaired) electrons. The molecule has 100 valence electrons. The normalized spacial score (nSPS) is 11.1. The van der Waals surface area contributed by atoms with Gasteiger partial charge in [0.1, 0.15) is 0 Å². The molecule has 2 rings (SSSR count). The number of hydrogen-bond donors (Lipinski definition) is 1. The van der Waals surface area contributed by atoms with Gasteiger partial charge in [-0.2, -0.15) is 5.10 Å². The number of carbonyl (C=O) groups is 1. The van der Waals surface area contributed by atoms with Crippen LogP contribution in [0, 0.1) is 13.8 Å². The molecule has 1 N–H and O–H groups in total. The average molecular weight is 292 g/mol. The van der Waals surface area contributed by atoms with Crippen LogP contribution >= 0.6 is 22.7 Å². The van der Waals surface area contributed by atoms with Gasteiger partial charge in [-0.15, -0.1) is 22.7 Å². The molecule has 2 aromatic rings. The predicted molar refractivity (Wildman–Crippen MR) is 82.6 cm³/mol. The maximum atomic E-state index is 12.0. The zero-order valence-corrected chi connectivity index (χ0v) is 12.8. The highest BCUT2D eigenvalue weighted by Gasteiger charge is 2.13. The van der Waals surface area contributed by atoms with E-state index in [4.69, 9.17) is 0 Å². The molecular weight excluding hydrogens is 276 g/mol. The molecule has 0 atom stereocenters. The number of hydrazone groups is 1. The van der Waals surface area contributed by atoms with Crippen LogP contribution in [0.2, 0.25) is 0 Å². The van der Waals surface area contributed by atoms with Crippen LogP contribution in [-0.4, -0.2) is 12.1 Å². The average Bonchev–Trinajstić information content (AvgIpc) is 2.96. The summed E-state index contributed by atoms with van der Waals surface area (Å²) in [6.07, 6.45) is 2.56. The van der Waals surface area contributed by atoms with Gasteiger partial charge < -0.3 is 0 Å². The standard InChI is InChI=1S/C14H16N2OS2/c1-4-11-10(3)19-8-12(11)14(17)16-15-7-13-9(2)5-6-18-13/h5-8H,4H2,1-3H3,(H,16,17)/b15-7+. The van der Waals surface area contributed by atoms with E-state index in [1.165, 1.54) is 10.4 Å². The van der Waals surface area contributed by atoms with Gasteiger partial charge in [0, 0.05) is 15.1 Å². The Bertz CT molecular complexity index is 611. The Balaban J connectivity index is 2.06. The molecular formula is C14H16N2OS2. The molecule has 1 amide bonds. The lowest BCUT2D eigenvalue weighted by Crippen LogP contribution is -2.18. The molecule has 5 heteroatoms. The van der Waals surface area contributed by atoms with Gasteiger partial charge in [0.25, 0.3) is 5.91 Å². The molecule has 0 aliphatic rings. The molecule has 3 nitrogen and oxygen atoms in total. The van der Waals surface area contributed by atoms with Crippen molar-refractivity contribution in [2.24, 2.45) is 5.10 Å². The predicted octanol–water partition coefficient (Wildman–Crippen LogP) is 3.75. The topological polar surface area (TPSA) is 41.5 Å². The molecule has 0 fully saturated rings. The Morgan fingerprint density at radius 1 is 1.42 bits per heavy atom. The van der Waals surface area contributed by atoms with Gasteiger partial charge in [-0.3, -0.25) is 4.79 Å². The monoisotopic (exact) mass is 292 g/mol. The Morgan fingerprint density at radius 3 is 2.84 bits per heavy atom. The van der Waals surface area contributed by atoms with E-state index in [1.54, 1.807) is 28.9 Å². The number of nitrogens with zero attached hydrogens (tertiary/aromatic N) is 1. The van der Waals surface area contributed by atoms with Crippen molar-refractivity contribution in [2.75, 3.05) is 0 Å². The molecule has 19 heavy (non-hydrogen) atoms. The number of aryl methyl sites for hydroxylation is 2. The molecule has 0 aromatic carbocycles. The van der Waals surface area contributed by atoms with Crippen molar-refractivity contribution in [3.05, 3.63) is 43.3 Å². The van der Waals surface area contributed by atoms with Gasteiger partial charge in [-0.25, -0.2) is 5.43 Å². The van der Waals surface area contributed by atoms with Gasteiger partial charge in [-0.05, 0) is 42.8 Å². The first-order valence-corrected chi connectivity index (χ1v) is 7.83. The fourth-order valence-corrected chi connectivity index (χ4v) is 3.56. The number of rotatable bonds is 4. The Labute approximate surface area is 121 Å². The summed E-state index contributed by atoms with van der Waals surface area (Å²) >= 11 is 3.22. The molecule has 0 spiro atoms. The maximum absolute atomic E-state index is 12.0. The molecule has 0 saturated carbocycles. The lowest BCUT2D eigenvalue weighted by atomic mass is 10.1. The summed E-state index contributed by atoms with van der Waals surface area (Å²) in [5, 5.41) is 7.93. The fraction of sp³-hybridized carbons (Fsp3) is 0.286. The quantitative estimate of drug-likeness (QED) is 0.676. The number of hydrogen-bond acceptors (Lipinski definition) is 4. The summed E-state index contributed by atoms with van der Waals surface area (Å²) in [6.45, 7) is 6.12. The number of thiophene rings is 2. The number of nitrogens with one attached hydrogen (secondary N) is 1. The van der Waals surface area contributed by atoms with Crippen LogP contribution in [-0.2, 0) is 6.42 Å². The van der Waals surface area contributed by atoms with E-state index in [-0.39, 0.29) is 5.91 Å². The van der Waals surface area contributed by atoms with Crippen molar-refractivity contribution in [3.63, 3.8) is 0 Å². The SMILES string of the molecule is CCc1c(C(=O)N/N=C/c2sccc2C)csc1C. The lowest BCUT2D eigenvalue weighted by Gasteiger charge is -2.01. The van der Waals surface area contributed by atoms with Crippen molar-refractivity contribution >= 4 is 34.8 Å². The molecule has 0 aliphatic heterocycles. The van der Waals surface area contributed by atoms with Gasteiger partial charge in [0.05, 0.1) is 11.8 Å². The smallest absolute Gasteiger partial charge is 0.267 e. The fourth-order valence-electron chi connectivity index (χ4n) is 1.84. The first-order chi connectivity index (χ1) is 9.13. The van der Waals surface area contributed by atoms with Crippen molar-refractivity contribution in [1.82, 2.24) is 5.43 Å². The Morgan fingerprint density at radius 2 is 2.21 bits per heavy atom. The minimum atomic E-state index is -0.133. The molecule has 2 aromatic heterocycles. The highest BCUT2D eigenvalue weighted by Crippen LogP contribution is 2.22. The third-order valence-electron chi connectivity index (χ3n) is 2.95. The van der Waals surface area contributed by atoms with Crippen LogP contribution in [0.15, 0.2) is 21.9 Å². The van der Waals surface area contributed by atoms with Crippen molar-refractivity contribution in [2.45, 2.75) is 27.2 Å². The van der Waals surface area contributed by atoms with Crippen molar-refractivity contribution in [3.8, 4) is 0 Å².